The molecule has 0 N–H and O–H groups in total. The second-order valence-corrected chi connectivity index (χ2v) is 16.0. The molecule has 1 nitrogen and oxygen atoms in total. The molecule has 1 aromatic heterocycles. The number of nitrogens with zero attached hydrogens (tertiary/aromatic N) is 1. The number of rotatable bonds is 8. The van der Waals surface area contributed by atoms with Crippen LogP contribution in [0.4, 0.5) is 0 Å². The maximum Gasteiger partial charge on any atom is 0.106 e. The van der Waals surface area contributed by atoms with Gasteiger partial charge in [0.05, 0.1) is 0 Å². The zero-order valence-electron chi connectivity index (χ0n) is 23.0. The average Bonchev–Trinajstić information content (AvgIpc) is 3.20. The van der Waals surface area contributed by atoms with E-state index in [0.29, 0.717) is 10.8 Å². The van der Waals surface area contributed by atoms with Gasteiger partial charge in [-0.15, -0.1) is 0 Å². The second kappa shape index (κ2) is 10.8. The number of allylic oxidation sites excluding steroid dienone is 2. The molecule has 1 heterocycles. The van der Waals surface area contributed by atoms with Crippen molar-refractivity contribution in [3.05, 3.63) is 36.0 Å². The van der Waals surface area contributed by atoms with Gasteiger partial charge in [-0.25, -0.2) is 4.98 Å². The lowest BCUT2D eigenvalue weighted by atomic mass is 9.47. The fourth-order valence-corrected chi connectivity index (χ4v) is 11.7. The topological polar surface area (TPSA) is 12.9 Å². The average molecular weight is 512 g/mol. The minimum Gasteiger partial charge on any atom is -0.249 e. The second-order valence-electron chi connectivity index (χ2n) is 13.5. The molecule has 194 valence electrons. The fourth-order valence-electron chi connectivity index (χ4n) is 9.25. The summed E-state index contributed by atoms with van der Waals surface area (Å²) in [5, 5.41) is 1.90. The van der Waals surface area contributed by atoms with Gasteiger partial charge in [-0.1, -0.05) is 82.4 Å². The van der Waals surface area contributed by atoms with Crippen molar-refractivity contribution in [1.82, 2.24) is 4.98 Å². The highest BCUT2D eigenvalue weighted by Crippen LogP contribution is 2.67. The van der Waals surface area contributed by atoms with Gasteiger partial charge in [0, 0.05) is 11.4 Å². The molecule has 1 aromatic rings. The van der Waals surface area contributed by atoms with E-state index in [9.17, 15) is 0 Å². The van der Waals surface area contributed by atoms with Gasteiger partial charge in [0.25, 0.3) is 0 Å². The molecule has 4 unspecified atom stereocenters. The standard InChI is InChI=1S/C32H49NS2/c1-22(2)9-8-10-23(3)27-14-15-28-26-13-12-24-21-25(34-35-30-11-6-7-20-33-30)16-18-31(24,4)29(26)17-19-32(27,28)5/h6-7,11-12,20,22-23,25-29H,8-10,13-19,21H2,1-5H3/t23-,25?,26?,27-,28?,29?,31+,32-/m1/s1. The highest BCUT2D eigenvalue weighted by molar-refractivity contribution is 8.76. The van der Waals surface area contributed by atoms with Crippen LogP contribution in [0.2, 0.25) is 0 Å². The molecule has 3 heteroatoms. The summed E-state index contributed by atoms with van der Waals surface area (Å²) in [7, 11) is 3.96. The predicted octanol–water partition coefficient (Wildman–Crippen LogP) is 10.2. The highest BCUT2D eigenvalue weighted by atomic mass is 33.1. The minimum absolute atomic E-state index is 0.470. The quantitative estimate of drug-likeness (QED) is 0.254. The van der Waals surface area contributed by atoms with Crippen LogP contribution in [0.1, 0.15) is 105 Å². The third-order valence-corrected chi connectivity index (χ3v) is 14.0. The SMILES string of the molecule is CC(C)CCC[C@@H](C)[C@H]1CCC2C3CC=C4CC(SSc5ccccn5)CC[C@]4(C)C3CC[C@@]21C. The van der Waals surface area contributed by atoms with Crippen molar-refractivity contribution in [2.75, 3.05) is 0 Å². The van der Waals surface area contributed by atoms with Crippen LogP contribution in [0, 0.1) is 46.3 Å². The number of hydrogen-bond donors (Lipinski definition) is 0. The normalized spacial score (nSPS) is 39.5. The number of aromatic nitrogens is 1. The Morgan fingerprint density at radius 2 is 1.86 bits per heavy atom. The molecule has 4 aliphatic carbocycles. The van der Waals surface area contributed by atoms with Gasteiger partial charge >= 0.3 is 0 Å². The Bertz CT molecular complexity index is 881. The number of hydrogen-bond acceptors (Lipinski definition) is 3. The maximum absolute atomic E-state index is 4.52. The molecule has 3 fully saturated rings. The van der Waals surface area contributed by atoms with Crippen LogP contribution in [0.15, 0.2) is 41.1 Å². The minimum atomic E-state index is 0.470. The molecule has 0 spiro atoms. The Labute approximate surface area is 223 Å². The van der Waals surface area contributed by atoms with Crippen molar-refractivity contribution in [2.24, 2.45) is 46.3 Å². The van der Waals surface area contributed by atoms with E-state index in [-0.39, 0.29) is 0 Å². The molecule has 0 radical (unpaired) electrons. The first-order valence-corrected chi connectivity index (χ1v) is 17.0. The molecule has 5 rings (SSSR count). The number of pyridine rings is 1. The van der Waals surface area contributed by atoms with Gasteiger partial charge in [0.15, 0.2) is 0 Å². The van der Waals surface area contributed by atoms with E-state index in [1.165, 1.54) is 70.6 Å². The Morgan fingerprint density at radius 1 is 1.00 bits per heavy atom. The molecule has 4 aliphatic rings. The lowest BCUT2D eigenvalue weighted by Gasteiger charge is -2.58. The Hall–Kier alpha value is -0.410. The van der Waals surface area contributed by atoms with Gasteiger partial charge in [0.2, 0.25) is 0 Å². The zero-order chi connectivity index (χ0) is 24.6. The van der Waals surface area contributed by atoms with Crippen LogP contribution >= 0.6 is 21.6 Å². The fraction of sp³-hybridized carbons (Fsp3) is 0.781. The van der Waals surface area contributed by atoms with Crippen LogP contribution in [-0.2, 0) is 0 Å². The lowest BCUT2D eigenvalue weighted by molar-refractivity contribution is -0.0497. The molecule has 3 saturated carbocycles. The van der Waals surface area contributed by atoms with Crippen molar-refractivity contribution in [3.63, 3.8) is 0 Å². The molecule has 0 amide bonds. The van der Waals surface area contributed by atoms with Crippen molar-refractivity contribution in [1.29, 1.82) is 0 Å². The molecule has 8 atom stereocenters. The van der Waals surface area contributed by atoms with E-state index in [0.717, 1.165) is 45.8 Å². The van der Waals surface area contributed by atoms with Crippen molar-refractivity contribution in [3.8, 4) is 0 Å². The molecular weight excluding hydrogens is 462 g/mol. The summed E-state index contributed by atoms with van der Waals surface area (Å²) in [6.45, 7) is 12.8. The summed E-state index contributed by atoms with van der Waals surface area (Å²) in [6, 6.07) is 6.27. The summed E-state index contributed by atoms with van der Waals surface area (Å²) >= 11 is 0. The maximum atomic E-state index is 4.52. The molecule has 0 saturated heterocycles. The zero-order valence-corrected chi connectivity index (χ0v) is 24.6. The van der Waals surface area contributed by atoms with E-state index in [2.05, 4.69) is 68.6 Å². The first-order valence-electron chi connectivity index (χ1n) is 14.7. The van der Waals surface area contributed by atoms with Crippen molar-refractivity contribution >= 4 is 21.6 Å². The van der Waals surface area contributed by atoms with E-state index in [1.54, 1.807) is 0 Å². The van der Waals surface area contributed by atoms with Crippen molar-refractivity contribution in [2.45, 2.75) is 116 Å². The molecule has 0 aliphatic heterocycles. The molecular formula is C32H49NS2. The lowest BCUT2D eigenvalue weighted by Crippen LogP contribution is -2.50. The van der Waals surface area contributed by atoms with E-state index < -0.39 is 0 Å². The third-order valence-electron chi connectivity index (χ3n) is 11.2. The summed E-state index contributed by atoms with van der Waals surface area (Å²) in [5.41, 5.74) is 2.90. The van der Waals surface area contributed by atoms with E-state index in [1.807, 2.05) is 28.6 Å². The molecule has 0 bridgehead atoms. The first kappa shape index (κ1) is 26.2. The van der Waals surface area contributed by atoms with Crippen LogP contribution in [0.5, 0.6) is 0 Å². The molecule has 0 aromatic carbocycles. The highest BCUT2D eigenvalue weighted by Gasteiger charge is 2.59. The predicted molar refractivity (Wildman–Crippen MR) is 155 cm³/mol. The summed E-state index contributed by atoms with van der Waals surface area (Å²) in [6.07, 6.45) is 20.4. The summed E-state index contributed by atoms with van der Waals surface area (Å²) in [4.78, 5) is 4.52. The van der Waals surface area contributed by atoms with Gasteiger partial charge in [0.1, 0.15) is 5.03 Å². The van der Waals surface area contributed by atoms with Crippen LogP contribution in [0.25, 0.3) is 0 Å². The van der Waals surface area contributed by atoms with Gasteiger partial charge in [-0.3, -0.25) is 0 Å². The largest absolute Gasteiger partial charge is 0.249 e. The van der Waals surface area contributed by atoms with Crippen LogP contribution in [0.3, 0.4) is 0 Å². The van der Waals surface area contributed by atoms with Gasteiger partial charge < -0.3 is 0 Å². The van der Waals surface area contributed by atoms with E-state index in [4.69, 9.17) is 0 Å². The monoisotopic (exact) mass is 511 g/mol. The Balaban J connectivity index is 1.24. The smallest absolute Gasteiger partial charge is 0.106 e. The summed E-state index contributed by atoms with van der Waals surface area (Å²) in [5.74, 6) is 5.59. The van der Waals surface area contributed by atoms with Crippen LogP contribution < -0.4 is 0 Å². The van der Waals surface area contributed by atoms with Crippen LogP contribution in [-0.4, -0.2) is 10.2 Å². The Morgan fingerprint density at radius 3 is 2.63 bits per heavy atom. The third kappa shape index (κ3) is 5.16. The summed E-state index contributed by atoms with van der Waals surface area (Å²) < 4.78 is 0. The number of fused-ring (bicyclic) bond motifs is 5. The van der Waals surface area contributed by atoms with Crippen molar-refractivity contribution < 1.29 is 0 Å². The molecule has 35 heavy (non-hydrogen) atoms. The Kier molecular flexibility index (Phi) is 8.05. The van der Waals surface area contributed by atoms with Gasteiger partial charge in [-0.05, 0) is 121 Å². The van der Waals surface area contributed by atoms with Gasteiger partial charge in [-0.2, -0.15) is 0 Å². The van der Waals surface area contributed by atoms with E-state index >= 15 is 0 Å². The first-order chi connectivity index (χ1) is 16.8.